The summed E-state index contributed by atoms with van der Waals surface area (Å²) in [5, 5.41) is 3.72. The van der Waals surface area contributed by atoms with Crippen LogP contribution in [0.1, 0.15) is 39.5 Å². The van der Waals surface area contributed by atoms with Crippen LogP contribution in [0, 0.1) is 0 Å². The first-order chi connectivity index (χ1) is 18.6. The van der Waals surface area contributed by atoms with Crippen LogP contribution in [0.3, 0.4) is 0 Å². The fourth-order valence-corrected chi connectivity index (χ4v) is 13.9. The van der Waals surface area contributed by atoms with Crippen molar-refractivity contribution in [3.8, 4) is 0 Å². The Morgan fingerprint density at radius 3 is 1.08 bits per heavy atom. The molecule has 0 saturated heterocycles. The van der Waals surface area contributed by atoms with Crippen molar-refractivity contribution in [3.63, 3.8) is 0 Å². The van der Waals surface area contributed by atoms with Crippen molar-refractivity contribution in [1.82, 2.24) is 0 Å². The third kappa shape index (κ3) is 5.43. The summed E-state index contributed by atoms with van der Waals surface area (Å²) >= 11 is 0. The number of phosphoric acid groups is 1. The van der Waals surface area contributed by atoms with Gasteiger partial charge in [-0.25, -0.2) is 0 Å². The van der Waals surface area contributed by atoms with E-state index in [9.17, 15) is 4.57 Å². The number of unbranched alkanes of at least 4 members (excludes halogenated alkanes) is 2. The van der Waals surface area contributed by atoms with E-state index >= 15 is 0 Å². The monoisotopic (exact) mass is 548 g/mol. The van der Waals surface area contributed by atoms with Gasteiger partial charge in [0.15, 0.2) is 0 Å². The Morgan fingerprint density at radius 2 is 0.816 bits per heavy atom. The summed E-state index contributed by atoms with van der Waals surface area (Å²) in [4.78, 5) is 0. The van der Waals surface area contributed by atoms with E-state index in [1.165, 1.54) is 0 Å². The molecule has 0 aliphatic heterocycles. The molecule has 0 aliphatic rings. The third-order valence-corrected chi connectivity index (χ3v) is 15.0. The Kier molecular flexibility index (Phi) is 9.71. The second-order valence-corrected chi connectivity index (χ2v) is 15.5. The molecule has 6 heteroatoms. The Morgan fingerprint density at radius 1 is 0.526 bits per heavy atom. The minimum absolute atomic E-state index is 0.291. The van der Waals surface area contributed by atoms with Crippen LogP contribution in [0.15, 0.2) is 121 Å². The molecule has 4 aromatic rings. The molecule has 0 aromatic heterocycles. The van der Waals surface area contributed by atoms with Gasteiger partial charge in [0.05, 0.1) is 0 Å². The molecule has 0 radical (unpaired) electrons. The number of hydrogen-bond donors (Lipinski definition) is 0. The van der Waals surface area contributed by atoms with E-state index in [1.807, 2.05) is 72.8 Å². The van der Waals surface area contributed by atoms with E-state index in [1.54, 1.807) is 0 Å². The van der Waals surface area contributed by atoms with Crippen molar-refractivity contribution in [2.45, 2.75) is 39.5 Å². The van der Waals surface area contributed by atoms with E-state index in [2.05, 4.69) is 62.4 Å². The summed E-state index contributed by atoms with van der Waals surface area (Å²) in [6, 6.07) is 40.7. The number of benzene rings is 4. The molecule has 0 amide bonds. The van der Waals surface area contributed by atoms with Gasteiger partial charge in [0, 0.05) is 0 Å². The first kappa shape index (κ1) is 28.4. The second-order valence-electron chi connectivity index (χ2n) is 9.28. The van der Waals surface area contributed by atoms with Gasteiger partial charge >= 0.3 is 228 Å². The Balaban J connectivity index is 2.14. The molecule has 4 aromatic carbocycles. The molecule has 0 bridgehead atoms. The standard InChI is InChI=1S/C32H38O4P2/c1-3-5-27-34-37(33,35-28-6-4-2)36-38(29-19-11-7-12-20-29,30-21-13-8-14-22-30,31-23-15-9-16-24-31)32-25-17-10-18-26-32/h7-26H,3-6,27-28H2,1-2H3. The van der Waals surface area contributed by atoms with Crippen LogP contribution in [-0.4, -0.2) is 13.2 Å². The molecule has 0 saturated carbocycles. The quantitative estimate of drug-likeness (QED) is 0.121. The van der Waals surface area contributed by atoms with E-state index in [4.69, 9.17) is 13.4 Å². The zero-order chi connectivity index (χ0) is 26.8. The van der Waals surface area contributed by atoms with E-state index in [-0.39, 0.29) is 0 Å². The Hall–Kier alpha value is -2.58. The van der Waals surface area contributed by atoms with Crippen LogP contribution in [0.5, 0.6) is 0 Å². The number of hydrogen-bond acceptors (Lipinski definition) is 4. The normalized spacial score (nSPS) is 13.1. The topological polar surface area (TPSA) is 44.8 Å². The summed E-state index contributed by atoms with van der Waals surface area (Å²) < 4.78 is 34.4. The zero-order valence-corrected chi connectivity index (χ0v) is 24.1. The Bertz CT molecular complexity index is 1120. The summed E-state index contributed by atoms with van der Waals surface area (Å²) in [5.74, 6) is 0. The summed E-state index contributed by atoms with van der Waals surface area (Å²) in [6.07, 6.45) is 3.34. The van der Waals surface area contributed by atoms with Gasteiger partial charge in [0.25, 0.3) is 0 Å². The molecule has 38 heavy (non-hydrogen) atoms. The fourth-order valence-electron chi connectivity index (χ4n) is 4.86. The van der Waals surface area contributed by atoms with Gasteiger partial charge in [-0.15, -0.1) is 0 Å². The van der Waals surface area contributed by atoms with Crippen LogP contribution in [0.4, 0.5) is 0 Å². The van der Waals surface area contributed by atoms with Crippen molar-refractivity contribution in [2.75, 3.05) is 13.2 Å². The van der Waals surface area contributed by atoms with E-state index in [0.29, 0.717) is 13.2 Å². The molecular weight excluding hydrogens is 510 g/mol. The number of rotatable bonds is 14. The summed E-state index contributed by atoms with van der Waals surface area (Å²) in [5.41, 5.74) is 0. The van der Waals surface area contributed by atoms with Crippen molar-refractivity contribution in [2.24, 2.45) is 0 Å². The molecule has 0 heterocycles. The van der Waals surface area contributed by atoms with Crippen molar-refractivity contribution in [1.29, 1.82) is 0 Å². The maximum absolute atomic E-state index is 14.8. The summed E-state index contributed by atoms with van der Waals surface area (Å²) in [6.45, 7) is 0.583. The van der Waals surface area contributed by atoms with Crippen LogP contribution in [0.2, 0.25) is 0 Å². The first-order valence-corrected chi connectivity index (χ1v) is 17.1. The molecule has 0 aliphatic carbocycles. The number of phosphoric ester groups is 1. The van der Waals surface area contributed by atoms with Crippen LogP contribution < -0.4 is 21.2 Å². The van der Waals surface area contributed by atoms with Gasteiger partial charge in [-0.3, -0.25) is 0 Å². The van der Waals surface area contributed by atoms with Crippen molar-refractivity contribution < 1.29 is 17.9 Å². The van der Waals surface area contributed by atoms with Gasteiger partial charge < -0.3 is 0 Å². The molecule has 0 N–H and O–H groups in total. The van der Waals surface area contributed by atoms with Gasteiger partial charge in [-0.1, -0.05) is 0 Å². The molecule has 0 spiro atoms. The zero-order valence-electron chi connectivity index (χ0n) is 22.3. The minimum atomic E-state index is -4.16. The van der Waals surface area contributed by atoms with Gasteiger partial charge in [-0.05, 0) is 0 Å². The molecule has 0 fully saturated rings. The van der Waals surface area contributed by atoms with Crippen LogP contribution in [-0.2, 0) is 17.9 Å². The second kappa shape index (κ2) is 13.0. The van der Waals surface area contributed by atoms with E-state index in [0.717, 1.165) is 46.9 Å². The Labute approximate surface area is 227 Å². The maximum atomic E-state index is 14.8. The van der Waals surface area contributed by atoms with E-state index < -0.39 is 14.7 Å². The molecule has 200 valence electrons. The average Bonchev–Trinajstić information content (AvgIpc) is 2.98. The predicted octanol–water partition coefficient (Wildman–Crippen LogP) is 7.51. The molecular formula is C32H38O4P2. The SMILES string of the molecule is CCCCOP(=O)(OCCCC)OP(c1ccccc1)(c1ccccc1)(c1ccccc1)c1ccccc1. The fraction of sp³-hybridized carbons (Fsp3) is 0.250. The van der Waals surface area contributed by atoms with Crippen molar-refractivity contribution >= 4 is 35.9 Å². The first-order valence-electron chi connectivity index (χ1n) is 13.4. The van der Waals surface area contributed by atoms with Crippen molar-refractivity contribution in [3.05, 3.63) is 121 Å². The molecule has 4 nitrogen and oxygen atoms in total. The molecule has 0 unspecified atom stereocenters. The van der Waals surface area contributed by atoms with Crippen LogP contribution in [0.25, 0.3) is 0 Å². The van der Waals surface area contributed by atoms with Crippen LogP contribution >= 0.6 is 14.7 Å². The molecule has 0 atom stereocenters. The predicted molar refractivity (Wildman–Crippen MR) is 162 cm³/mol. The third-order valence-electron chi connectivity index (χ3n) is 6.75. The molecule has 4 rings (SSSR count). The average molecular weight is 549 g/mol. The summed E-state index contributed by atoms with van der Waals surface area (Å²) in [7, 11) is -4.07. The van der Waals surface area contributed by atoms with Gasteiger partial charge in [-0.2, -0.15) is 0 Å². The van der Waals surface area contributed by atoms with Gasteiger partial charge in [0.2, 0.25) is 0 Å². The van der Waals surface area contributed by atoms with Gasteiger partial charge in [0.1, 0.15) is 0 Å².